The van der Waals surface area contributed by atoms with Crippen LogP contribution in [0.3, 0.4) is 0 Å². The molecular weight excluding hydrogens is 412 g/mol. The molecule has 0 unspecified atom stereocenters. The minimum absolute atomic E-state index is 0.0601. The minimum Gasteiger partial charge on any atom is -0.379 e. The number of hydrogen-bond donors (Lipinski definition) is 3. The van der Waals surface area contributed by atoms with E-state index in [0.29, 0.717) is 5.95 Å². The molecule has 0 atom stereocenters. The molecule has 3 aromatic rings. The normalized spacial score (nSPS) is 14.3. The molecule has 162 valence electrons. The largest absolute Gasteiger partial charge is 0.379 e. The summed E-state index contributed by atoms with van der Waals surface area (Å²) >= 11 is 1.65. The van der Waals surface area contributed by atoms with Crippen molar-refractivity contribution in [3.8, 4) is 11.1 Å². The van der Waals surface area contributed by atoms with E-state index in [1.807, 2.05) is 35.7 Å². The number of hydrogen-bond acceptors (Lipinski definition) is 8. The van der Waals surface area contributed by atoms with Gasteiger partial charge in [-0.05, 0) is 46.7 Å². The van der Waals surface area contributed by atoms with E-state index in [9.17, 15) is 4.79 Å². The number of anilines is 3. The zero-order valence-electron chi connectivity index (χ0n) is 17.2. The molecule has 2 aromatic heterocycles. The summed E-state index contributed by atoms with van der Waals surface area (Å²) in [5.74, 6) is 0.468. The highest BCUT2D eigenvalue weighted by molar-refractivity contribution is 7.08. The second kappa shape index (κ2) is 11.0. The van der Waals surface area contributed by atoms with Crippen molar-refractivity contribution in [2.24, 2.45) is 0 Å². The van der Waals surface area contributed by atoms with E-state index in [1.165, 1.54) is 0 Å². The molecule has 0 spiro atoms. The summed E-state index contributed by atoms with van der Waals surface area (Å²) in [6.07, 6.45) is 3.61. The Hall–Kier alpha value is -2.85. The van der Waals surface area contributed by atoms with Crippen LogP contribution in [0.4, 0.5) is 17.3 Å². The lowest BCUT2D eigenvalue weighted by atomic mass is 10.2. The predicted molar refractivity (Wildman–Crippen MR) is 124 cm³/mol. The third kappa shape index (κ3) is 6.56. The van der Waals surface area contributed by atoms with E-state index in [0.717, 1.165) is 61.9 Å². The SMILES string of the molecule is O=C(CNCCN1CCOCC1)Nc1ccc(Nc2ncc(-c3ccsc3)cn2)cc1. The van der Waals surface area contributed by atoms with Gasteiger partial charge in [0.2, 0.25) is 11.9 Å². The van der Waals surface area contributed by atoms with Crippen molar-refractivity contribution < 1.29 is 9.53 Å². The first-order valence-electron chi connectivity index (χ1n) is 10.3. The molecule has 8 nitrogen and oxygen atoms in total. The Morgan fingerprint density at radius 3 is 2.48 bits per heavy atom. The summed E-state index contributed by atoms with van der Waals surface area (Å²) in [7, 11) is 0. The number of carbonyl (C=O) groups excluding carboxylic acids is 1. The lowest BCUT2D eigenvalue weighted by Gasteiger charge is -2.26. The van der Waals surface area contributed by atoms with E-state index in [-0.39, 0.29) is 12.5 Å². The van der Waals surface area contributed by atoms with E-state index in [4.69, 9.17) is 4.74 Å². The van der Waals surface area contributed by atoms with Gasteiger partial charge in [-0.25, -0.2) is 9.97 Å². The van der Waals surface area contributed by atoms with Crippen LogP contribution in [-0.4, -0.2) is 66.7 Å². The number of nitrogens with one attached hydrogen (secondary N) is 3. The standard InChI is InChI=1S/C22H26N6O2S/c29-21(15-23-6-7-28-8-10-30-11-9-28)26-19-1-3-20(4-2-19)27-22-24-13-18(14-25-22)17-5-12-31-16-17/h1-5,12-14,16,23H,6-11,15H2,(H,26,29)(H,24,25,27). The number of aromatic nitrogens is 2. The molecule has 0 bridgehead atoms. The first-order chi connectivity index (χ1) is 15.3. The molecule has 4 rings (SSSR count). The Kier molecular flexibility index (Phi) is 7.56. The summed E-state index contributed by atoms with van der Waals surface area (Å²) < 4.78 is 5.33. The third-order valence-electron chi connectivity index (χ3n) is 4.93. The maximum atomic E-state index is 12.1. The summed E-state index contributed by atoms with van der Waals surface area (Å²) in [4.78, 5) is 23.2. The van der Waals surface area contributed by atoms with Crippen LogP contribution in [0.1, 0.15) is 0 Å². The van der Waals surface area contributed by atoms with Gasteiger partial charge < -0.3 is 20.7 Å². The smallest absolute Gasteiger partial charge is 0.238 e. The van der Waals surface area contributed by atoms with Gasteiger partial charge in [0.05, 0.1) is 19.8 Å². The van der Waals surface area contributed by atoms with Gasteiger partial charge in [-0.2, -0.15) is 11.3 Å². The molecule has 1 aromatic carbocycles. The molecule has 31 heavy (non-hydrogen) atoms. The summed E-state index contributed by atoms with van der Waals surface area (Å²) in [6, 6.07) is 9.53. The van der Waals surface area contributed by atoms with E-state index in [1.54, 1.807) is 23.7 Å². The van der Waals surface area contributed by atoms with Crippen molar-refractivity contribution in [2.75, 3.05) is 56.6 Å². The number of amides is 1. The molecule has 0 radical (unpaired) electrons. The highest BCUT2D eigenvalue weighted by Crippen LogP contribution is 2.22. The summed E-state index contributed by atoms with van der Waals surface area (Å²) in [6.45, 7) is 5.48. The van der Waals surface area contributed by atoms with Gasteiger partial charge in [0, 0.05) is 55.5 Å². The molecule has 0 aliphatic carbocycles. The van der Waals surface area contributed by atoms with Crippen LogP contribution in [0.2, 0.25) is 0 Å². The Morgan fingerprint density at radius 1 is 1.03 bits per heavy atom. The average Bonchev–Trinajstić information content (AvgIpc) is 3.34. The Balaban J connectivity index is 1.19. The molecule has 1 fully saturated rings. The van der Waals surface area contributed by atoms with Crippen LogP contribution < -0.4 is 16.0 Å². The molecule has 1 aliphatic heterocycles. The van der Waals surface area contributed by atoms with Gasteiger partial charge in [0.25, 0.3) is 0 Å². The van der Waals surface area contributed by atoms with Crippen LogP contribution >= 0.6 is 11.3 Å². The Labute approximate surface area is 185 Å². The third-order valence-corrected chi connectivity index (χ3v) is 5.61. The molecule has 1 aliphatic rings. The number of benzene rings is 1. The van der Waals surface area contributed by atoms with Crippen molar-refractivity contribution in [3.63, 3.8) is 0 Å². The van der Waals surface area contributed by atoms with Crippen molar-refractivity contribution in [1.82, 2.24) is 20.2 Å². The van der Waals surface area contributed by atoms with Crippen LogP contribution in [0.15, 0.2) is 53.5 Å². The maximum Gasteiger partial charge on any atom is 0.238 e. The van der Waals surface area contributed by atoms with E-state index in [2.05, 4.69) is 36.2 Å². The molecule has 3 N–H and O–H groups in total. The van der Waals surface area contributed by atoms with Crippen LogP contribution in [0.25, 0.3) is 11.1 Å². The second-order valence-electron chi connectivity index (χ2n) is 7.19. The summed E-state index contributed by atoms with van der Waals surface area (Å²) in [5, 5.41) is 13.4. The molecule has 1 amide bonds. The average molecular weight is 439 g/mol. The zero-order chi connectivity index (χ0) is 21.3. The fourth-order valence-electron chi connectivity index (χ4n) is 3.21. The quantitative estimate of drug-likeness (QED) is 0.443. The number of thiophene rings is 1. The van der Waals surface area contributed by atoms with Gasteiger partial charge in [-0.15, -0.1) is 0 Å². The second-order valence-corrected chi connectivity index (χ2v) is 7.97. The number of morpholine rings is 1. The van der Waals surface area contributed by atoms with Crippen LogP contribution in [0, 0.1) is 0 Å². The number of nitrogens with zero attached hydrogens (tertiary/aromatic N) is 3. The fourth-order valence-corrected chi connectivity index (χ4v) is 3.87. The maximum absolute atomic E-state index is 12.1. The Morgan fingerprint density at radius 2 is 1.77 bits per heavy atom. The van der Waals surface area contributed by atoms with Gasteiger partial charge in [0.1, 0.15) is 0 Å². The number of carbonyl (C=O) groups is 1. The monoisotopic (exact) mass is 438 g/mol. The van der Waals surface area contributed by atoms with E-state index < -0.39 is 0 Å². The first kappa shape index (κ1) is 21.4. The Bertz CT molecular complexity index is 941. The lowest BCUT2D eigenvalue weighted by Crippen LogP contribution is -2.41. The van der Waals surface area contributed by atoms with Crippen LogP contribution in [0.5, 0.6) is 0 Å². The minimum atomic E-state index is -0.0601. The topological polar surface area (TPSA) is 91.4 Å². The first-order valence-corrected chi connectivity index (χ1v) is 11.2. The predicted octanol–water partition coefficient (Wildman–Crippen LogP) is 2.81. The van der Waals surface area contributed by atoms with Gasteiger partial charge in [0.15, 0.2) is 0 Å². The zero-order valence-corrected chi connectivity index (χ0v) is 18.0. The van der Waals surface area contributed by atoms with E-state index >= 15 is 0 Å². The highest BCUT2D eigenvalue weighted by Gasteiger charge is 2.09. The number of rotatable bonds is 9. The molecule has 0 saturated carbocycles. The molecule has 9 heteroatoms. The van der Waals surface area contributed by atoms with Crippen molar-refractivity contribution in [1.29, 1.82) is 0 Å². The van der Waals surface area contributed by atoms with Crippen molar-refractivity contribution >= 4 is 34.6 Å². The van der Waals surface area contributed by atoms with Gasteiger partial charge in [-0.3, -0.25) is 9.69 Å². The van der Waals surface area contributed by atoms with Crippen molar-refractivity contribution in [2.45, 2.75) is 0 Å². The van der Waals surface area contributed by atoms with Gasteiger partial charge >= 0.3 is 0 Å². The van der Waals surface area contributed by atoms with Crippen molar-refractivity contribution in [3.05, 3.63) is 53.5 Å². The molecule has 1 saturated heterocycles. The molecular formula is C22H26N6O2S. The number of ether oxygens (including phenoxy) is 1. The fraction of sp³-hybridized carbons (Fsp3) is 0.318. The van der Waals surface area contributed by atoms with Gasteiger partial charge in [-0.1, -0.05) is 0 Å². The molecule has 3 heterocycles. The lowest BCUT2D eigenvalue weighted by molar-refractivity contribution is -0.115. The van der Waals surface area contributed by atoms with Crippen LogP contribution in [-0.2, 0) is 9.53 Å². The highest BCUT2D eigenvalue weighted by atomic mass is 32.1. The summed E-state index contributed by atoms with van der Waals surface area (Å²) in [5.41, 5.74) is 3.71.